The molecule has 11 nitrogen and oxygen atoms in total. The van der Waals surface area contributed by atoms with E-state index in [1.54, 1.807) is 43.5 Å². The van der Waals surface area contributed by atoms with E-state index in [0.717, 1.165) is 11.6 Å². The molecule has 7 rings (SSSR count). The SMILES string of the molecule is Cc1ccc(NC(=O)[C@H]2CCCN(C(=O)c3c(C)cccc3F)[C@H]2c2ccc(N3C4CC/C(=C(/O)[C@H](Cc5c[nH]cn5)NP3(=O)O)C4)cc2)cc1C(F)(F)F. The number of amides is 2. The second-order valence-electron chi connectivity index (χ2n) is 14.5. The van der Waals surface area contributed by atoms with Crippen molar-refractivity contribution >= 4 is 30.9 Å². The number of carbonyl (C=O) groups excluding carboxylic acids is 2. The van der Waals surface area contributed by atoms with Crippen LogP contribution in [0.1, 0.15) is 76.5 Å². The number of nitrogens with zero attached hydrogens (tertiary/aromatic N) is 3. The zero-order valence-corrected chi connectivity index (χ0v) is 31.0. The predicted molar refractivity (Wildman–Crippen MR) is 198 cm³/mol. The second-order valence-corrected chi connectivity index (χ2v) is 16.2. The molecule has 3 aromatic carbocycles. The highest BCUT2D eigenvalue weighted by atomic mass is 31.2. The van der Waals surface area contributed by atoms with E-state index in [9.17, 15) is 37.3 Å². The molecule has 1 aliphatic carbocycles. The van der Waals surface area contributed by atoms with Gasteiger partial charge < -0.3 is 25.2 Å². The predicted octanol–water partition coefficient (Wildman–Crippen LogP) is 7.90. The van der Waals surface area contributed by atoms with E-state index in [2.05, 4.69) is 20.4 Å². The van der Waals surface area contributed by atoms with E-state index in [4.69, 9.17) is 0 Å². The van der Waals surface area contributed by atoms with Gasteiger partial charge in [0.25, 0.3) is 5.91 Å². The average Bonchev–Trinajstić information content (AvgIpc) is 3.84. The maximum Gasteiger partial charge on any atom is 0.416 e. The van der Waals surface area contributed by atoms with Crippen molar-refractivity contribution in [3.05, 3.63) is 124 Å². The molecule has 2 bridgehead atoms. The lowest BCUT2D eigenvalue weighted by molar-refractivity contribution is -0.138. The molecule has 5 atom stereocenters. The summed E-state index contributed by atoms with van der Waals surface area (Å²) in [4.78, 5) is 48.3. The quantitative estimate of drug-likeness (QED) is 0.0939. The van der Waals surface area contributed by atoms with Gasteiger partial charge in [0.05, 0.1) is 41.1 Å². The normalized spacial score (nSPS) is 25.7. The van der Waals surface area contributed by atoms with Crippen molar-refractivity contribution in [2.45, 2.75) is 76.7 Å². The second kappa shape index (κ2) is 14.9. The first-order valence-corrected chi connectivity index (χ1v) is 19.7. The van der Waals surface area contributed by atoms with Crippen LogP contribution in [0.15, 0.2) is 84.5 Å². The van der Waals surface area contributed by atoms with Crippen molar-refractivity contribution in [2.24, 2.45) is 5.92 Å². The minimum Gasteiger partial charge on any atom is -0.511 e. The molecular formula is C39H41F4N6O5P. The van der Waals surface area contributed by atoms with Crippen LogP contribution in [0.4, 0.5) is 28.9 Å². The number of alkyl halides is 3. The van der Waals surface area contributed by atoms with Crippen LogP contribution in [0.25, 0.3) is 0 Å². The summed E-state index contributed by atoms with van der Waals surface area (Å²) in [5.41, 5.74) is 1.52. The number of hydrogen-bond acceptors (Lipinski definition) is 5. The molecule has 3 aliphatic rings. The first-order valence-electron chi connectivity index (χ1n) is 18.1. The summed E-state index contributed by atoms with van der Waals surface area (Å²) in [7, 11) is -4.36. The highest BCUT2D eigenvalue weighted by molar-refractivity contribution is 7.57. The summed E-state index contributed by atoms with van der Waals surface area (Å²) in [5.74, 6) is -2.90. The Morgan fingerprint density at radius 1 is 1.05 bits per heavy atom. The van der Waals surface area contributed by atoms with Crippen LogP contribution in [0.5, 0.6) is 0 Å². The van der Waals surface area contributed by atoms with E-state index in [0.29, 0.717) is 48.2 Å². The van der Waals surface area contributed by atoms with E-state index in [-0.39, 0.29) is 42.0 Å². The van der Waals surface area contributed by atoms with Crippen LogP contribution in [-0.2, 0) is 22.0 Å². The smallest absolute Gasteiger partial charge is 0.416 e. The summed E-state index contributed by atoms with van der Waals surface area (Å²) in [6.07, 6.45) is 0.694. The zero-order valence-electron chi connectivity index (χ0n) is 30.1. The Balaban J connectivity index is 1.24. The van der Waals surface area contributed by atoms with Gasteiger partial charge in [0.15, 0.2) is 0 Å². The molecule has 2 fully saturated rings. The average molecular weight is 781 g/mol. The van der Waals surface area contributed by atoms with Gasteiger partial charge in [0.1, 0.15) is 11.6 Å². The zero-order chi connectivity index (χ0) is 39.2. The van der Waals surface area contributed by atoms with Gasteiger partial charge in [-0.3, -0.25) is 14.3 Å². The van der Waals surface area contributed by atoms with Crippen molar-refractivity contribution in [3.63, 3.8) is 0 Å². The number of aromatic nitrogens is 2. The van der Waals surface area contributed by atoms with Crippen molar-refractivity contribution in [1.29, 1.82) is 0 Å². The number of halogens is 4. The number of aryl methyl sites for hydroxylation is 2. The first kappa shape index (κ1) is 38.3. The number of aromatic amines is 1. The summed E-state index contributed by atoms with van der Waals surface area (Å²) < 4.78 is 72.1. The number of rotatable bonds is 7. The standard InChI is InChI=1S/C39H41F4N6O5P/c1-22-8-12-26(18-31(22)39(41,42)43)46-37(51)30-6-4-16-48(38(52)34-23(2)5-3-7-32(34)40)35(30)24-9-13-28(14-10-24)49-29-15-11-25(17-29)36(50)33(47-55(49,53)54)19-27-20-44-21-45-27/h3,5,7-10,12-14,18,20-21,29-30,33,35,50H,4,6,11,15-17,19H2,1-2H3,(H,44,45)(H,46,51)(H2,47,53,54)/b36-25-/t29?,30-,33-,35-/m0/s1. The molecule has 55 heavy (non-hydrogen) atoms. The molecule has 1 aromatic heterocycles. The Hall–Kier alpha value is -4.98. The van der Waals surface area contributed by atoms with Gasteiger partial charge in [-0.1, -0.05) is 30.3 Å². The fourth-order valence-electron chi connectivity index (χ4n) is 8.21. The van der Waals surface area contributed by atoms with Crippen LogP contribution < -0.4 is 15.1 Å². The van der Waals surface area contributed by atoms with E-state index in [1.165, 1.54) is 47.1 Å². The Labute approximate surface area is 315 Å². The third-order valence-corrected chi connectivity index (χ3v) is 12.6. The lowest BCUT2D eigenvalue weighted by atomic mass is 9.83. The van der Waals surface area contributed by atoms with Crippen molar-refractivity contribution < 1.29 is 41.7 Å². The number of fused-ring (bicyclic) bond motifs is 2. The fourth-order valence-corrected chi connectivity index (χ4v) is 10.0. The number of H-pyrrole nitrogens is 1. The minimum atomic E-state index is -4.64. The number of piperidine rings is 1. The highest BCUT2D eigenvalue weighted by Gasteiger charge is 2.45. The van der Waals surface area contributed by atoms with Crippen LogP contribution in [0, 0.1) is 25.6 Å². The first-order chi connectivity index (χ1) is 26.1. The van der Waals surface area contributed by atoms with Crippen LogP contribution in [0.3, 0.4) is 0 Å². The molecular weight excluding hydrogens is 739 g/mol. The largest absolute Gasteiger partial charge is 0.511 e. The van der Waals surface area contributed by atoms with Gasteiger partial charge in [0.2, 0.25) is 5.91 Å². The summed E-state index contributed by atoms with van der Waals surface area (Å²) in [5, 5.41) is 16.5. The van der Waals surface area contributed by atoms with Gasteiger partial charge in [-0.25, -0.2) is 19.0 Å². The molecule has 0 radical (unpaired) electrons. The van der Waals surface area contributed by atoms with Gasteiger partial charge in [-0.05, 0) is 98.5 Å². The summed E-state index contributed by atoms with van der Waals surface area (Å²) >= 11 is 0. The van der Waals surface area contributed by atoms with Crippen LogP contribution in [-0.4, -0.2) is 55.3 Å². The monoisotopic (exact) mass is 780 g/mol. The molecule has 2 amide bonds. The lowest BCUT2D eigenvalue weighted by Crippen LogP contribution is -2.47. The Morgan fingerprint density at radius 2 is 1.82 bits per heavy atom. The lowest BCUT2D eigenvalue weighted by Gasteiger charge is -2.41. The molecule has 0 spiro atoms. The molecule has 4 aromatic rings. The molecule has 5 N–H and O–H groups in total. The molecule has 3 heterocycles. The highest BCUT2D eigenvalue weighted by Crippen LogP contribution is 2.53. The number of likely N-dealkylation sites (tertiary alicyclic amines) is 1. The minimum absolute atomic E-state index is 0.00402. The van der Waals surface area contributed by atoms with E-state index < -0.39 is 61.1 Å². The molecule has 16 heteroatoms. The van der Waals surface area contributed by atoms with E-state index >= 15 is 4.39 Å². The van der Waals surface area contributed by atoms with E-state index in [1.807, 2.05) is 0 Å². The third-order valence-electron chi connectivity index (χ3n) is 10.9. The fraction of sp³-hybridized carbons (Fsp3) is 0.359. The van der Waals surface area contributed by atoms with Crippen molar-refractivity contribution in [1.82, 2.24) is 20.0 Å². The van der Waals surface area contributed by atoms with Crippen molar-refractivity contribution in [3.8, 4) is 0 Å². The number of nitrogens with one attached hydrogen (secondary N) is 3. The van der Waals surface area contributed by atoms with Crippen LogP contribution in [0.2, 0.25) is 0 Å². The van der Waals surface area contributed by atoms with Crippen molar-refractivity contribution in [2.75, 3.05) is 16.5 Å². The van der Waals surface area contributed by atoms with Gasteiger partial charge in [-0.2, -0.15) is 13.2 Å². The van der Waals surface area contributed by atoms with Gasteiger partial charge >= 0.3 is 13.8 Å². The summed E-state index contributed by atoms with van der Waals surface area (Å²) in [6, 6.07) is 12.1. The number of aliphatic hydroxyl groups is 1. The van der Waals surface area contributed by atoms with Gasteiger partial charge in [0, 0.05) is 36.6 Å². The topological polar surface area (TPSA) is 151 Å². The number of aliphatic hydroxyl groups excluding tert-OH is 1. The Kier molecular flexibility index (Phi) is 10.4. The molecule has 2 unspecified atom stereocenters. The molecule has 1 saturated carbocycles. The van der Waals surface area contributed by atoms with Gasteiger partial charge in [-0.15, -0.1) is 0 Å². The number of imidazole rings is 1. The molecule has 1 saturated heterocycles. The molecule has 290 valence electrons. The number of benzene rings is 3. The maximum absolute atomic E-state index is 15.2. The Morgan fingerprint density at radius 3 is 2.51 bits per heavy atom. The number of anilines is 2. The number of hydrogen-bond donors (Lipinski definition) is 5. The summed E-state index contributed by atoms with van der Waals surface area (Å²) in [6.45, 7) is 3.11. The maximum atomic E-state index is 15.2. The molecule has 2 aliphatic heterocycles. The third kappa shape index (κ3) is 7.65. The number of carbonyl (C=O) groups is 2. The Bertz CT molecular complexity index is 2160. The van der Waals surface area contributed by atoms with Crippen LogP contribution >= 0.6 is 7.67 Å².